The number of benzene rings is 1. The molecule has 1 N–H and O–H groups in total. The predicted molar refractivity (Wildman–Crippen MR) is 79.6 cm³/mol. The van der Waals surface area contributed by atoms with Crippen LogP contribution < -0.4 is 5.32 Å². The van der Waals surface area contributed by atoms with Crippen molar-refractivity contribution >= 4 is 5.70 Å². The molecule has 1 aliphatic carbocycles. The van der Waals surface area contributed by atoms with Gasteiger partial charge in [0.15, 0.2) is 0 Å². The minimum atomic E-state index is 0.644. The maximum atomic E-state index is 4.44. The van der Waals surface area contributed by atoms with E-state index in [1.165, 1.54) is 18.4 Å². The number of hydrogen-bond donors (Lipinski definition) is 1. The highest BCUT2D eigenvalue weighted by molar-refractivity contribution is 5.67. The number of aryl methyl sites for hydroxylation is 1. The van der Waals surface area contributed by atoms with Gasteiger partial charge in [0.2, 0.25) is 0 Å². The lowest BCUT2D eigenvalue weighted by Crippen LogP contribution is -2.13. The Hall–Kier alpha value is -2.09. The third-order valence-corrected chi connectivity index (χ3v) is 3.40. The van der Waals surface area contributed by atoms with Crippen LogP contribution in [0.2, 0.25) is 0 Å². The Bertz CT molecular complexity index is 578. The lowest BCUT2D eigenvalue weighted by Gasteiger charge is -2.09. The van der Waals surface area contributed by atoms with Crippen molar-refractivity contribution in [2.75, 3.05) is 0 Å². The molecule has 0 aliphatic heterocycles. The van der Waals surface area contributed by atoms with Crippen LogP contribution in [-0.4, -0.2) is 11.0 Å². The monoisotopic (exact) mass is 250 g/mol. The molecule has 96 valence electrons. The molecule has 0 unspecified atom stereocenters. The van der Waals surface area contributed by atoms with Crippen molar-refractivity contribution in [1.82, 2.24) is 10.3 Å². The maximum absolute atomic E-state index is 4.44. The molecule has 0 bridgehead atoms. The van der Waals surface area contributed by atoms with Crippen molar-refractivity contribution in [3.63, 3.8) is 0 Å². The summed E-state index contributed by atoms with van der Waals surface area (Å²) in [5, 5.41) is 3.43. The second kappa shape index (κ2) is 4.88. The first kappa shape index (κ1) is 12.0. The zero-order valence-electron chi connectivity index (χ0n) is 11.2. The van der Waals surface area contributed by atoms with Gasteiger partial charge in [0.25, 0.3) is 0 Å². The lowest BCUT2D eigenvalue weighted by molar-refractivity contribution is 0.885. The van der Waals surface area contributed by atoms with E-state index in [1.54, 1.807) is 0 Å². The quantitative estimate of drug-likeness (QED) is 0.893. The Labute approximate surface area is 114 Å². The van der Waals surface area contributed by atoms with Gasteiger partial charge in [-0.2, -0.15) is 0 Å². The first-order valence-corrected chi connectivity index (χ1v) is 6.71. The highest BCUT2D eigenvalue weighted by atomic mass is 15.0. The molecule has 1 aromatic heterocycles. The molecule has 1 aliphatic rings. The van der Waals surface area contributed by atoms with Gasteiger partial charge in [-0.3, -0.25) is 4.98 Å². The minimum absolute atomic E-state index is 0.644. The van der Waals surface area contributed by atoms with Crippen LogP contribution >= 0.6 is 0 Å². The smallest absolute Gasteiger partial charge is 0.0702 e. The Kier molecular flexibility index (Phi) is 3.08. The summed E-state index contributed by atoms with van der Waals surface area (Å²) in [5.74, 6) is 0. The van der Waals surface area contributed by atoms with E-state index < -0.39 is 0 Å². The van der Waals surface area contributed by atoms with Gasteiger partial charge in [-0.25, -0.2) is 0 Å². The highest BCUT2D eigenvalue weighted by Gasteiger charge is 2.21. The largest absolute Gasteiger partial charge is 0.382 e. The molecule has 0 saturated heterocycles. The lowest BCUT2D eigenvalue weighted by atomic mass is 10.1. The number of nitrogens with zero attached hydrogens (tertiary/aromatic N) is 1. The molecule has 0 atom stereocenters. The van der Waals surface area contributed by atoms with Crippen molar-refractivity contribution < 1.29 is 0 Å². The van der Waals surface area contributed by atoms with Crippen molar-refractivity contribution in [3.8, 4) is 11.3 Å². The summed E-state index contributed by atoms with van der Waals surface area (Å²) in [7, 11) is 0. The van der Waals surface area contributed by atoms with E-state index in [9.17, 15) is 0 Å². The fourth-order valence-electron chi connectivity index (χ4n) is 2.04. The summed E-state index contributed by atoms with van der Waals surface area (Å²) < 4.78 is 0. The van der Waals surface area contributed by atoms with Crippen LogP contribution in [0.25, 0.3) is 17.0 Å². The molecule has 3 rings (SSSR count). The topological polar surface area (TPSA) is 24.9 Å². The maximum Gasteiger partial charge on any atom is 0.0702 e. The van der Waals surface area contributed by atoms with Crippen LogP contribution in [0.3, 0.4) is 0 Å². The molecule has 19 heavy (non-hydrogen) atoms. The van der Waals surface area contributed by atoms with Crippen LogP contribution in [0.1, 0.15) is 24.0 Å². The Morgan fingerprint density at radius 2 is 1.89 bits per heavy atom. The minimum Gasteiger partial charge on any atom is -0.382 e. The molecular weight excluding hydrogens is 232 g/mol. The zero-order valence-corrected chi connectivity index (χ0v) is 11.2. The third kappa shape index (κ3) is 2.84. The summed E-state index contributed by atoms with van der Waals surface area (Å²) in [4.78, 5) is 4.44. The second-order valence-corrected chi connectivity index (χ2v) is 5.20. The average Bonchev–Trinajstić information content (AvgIpc) is 3.24. The van der Waals surface area contributed by atoms with Crippen LogP contribution in [0.15, 0.2) is 49.2 Å². The summed E-state index contributed by atoms with van der Waals surface area (Å²) in [5.41, 5.74) is 5.51. The molecule has 0 amide bonds. The number of rotatable bonds is 4. The molecule has 2 heteroatoms. The standard InChI is InChI=1S/C17H18N2/c1-12-3-10-17(18-11-12)15-6-4-14(5-7-15)13(2)19-16-8-9-16/h3-7,10-11,16,19H,2,8-9H2,1H3. The molecule has 1 aromatic carbocycles. The molecule has 2 aromatic rings. The average molecular weight is 250 g/mol. The number of hydrogen-bond acceptors (Lipinski definition) is 2. The molecule has 1 saturated carbocycles. The van der Waals surface area contributed by atoms with Crippen molar-refractivity contribution in [1.29, 1.82) is 0 Å². The number of aromatic nitrogens is 1. The van der Waals surface area contributed by atoms with Crippen LogP contribution in [0.5, 0.6) is 0 Å². The normalized spacial score (nSPS) is 14.2. The number of pyridine rings is 1. The van der Waals surface area contributed by atoms with Gasteiger partial charge in [0.05, 0.1) is 5.69 Å². The first-order valence-electron chi connectivity index (χ1n) is 6.71. The fraction of sp³-hybridized carbons (Fsp3) is 0.235. The van der Waals surface area contributed by atoms with Gasteiger partial charge in [-0.05, 0) is 37.0 Å². The molecule has 0 spiro atoms. The van der Waals surface area contributed by atoms with E-state index in [4.69, 9.17) is 0 Å². The third-order valence-electron chi connectivity index (χ3n) is 3.40. The van der Waals surface area contributed by atoms with E-state index in [0.29, 0.717) is 6.04 Å². The van der Waals surface area contributed by atoms with Gasteiger partial charge in [0, 0.05) is 23.5 Å². The van der Waals surface area contributed by atoms with Gasteiger partial charge < -0.3 is 5.32 Å². The van der Waals surface area contributed by atoms with Crippen LogP contribution in [-0.2, 0) is 0 Å². The van der Waals surface area contributed by atoms with Crippen molar-refractivity contribution in [3.05, 3.63) is 60.3 Å². The van der Waals surface area contributed by atoms with Crippen LogP contribution in [0.4, 0.5) is 0 Å². The molecular formula is C17H18N2. The Balaban J connectivity index is 1.77. The summed E-state index contributed by atoms with van der Waals surface area (Å²) in [6.45, 7) is 6.14. The molecule has 2 nitrogen and oxygen atoms in total. The van der Waals surface area contributed by atoms with Gasteiger partial charge in [-0.15, -0.1) is 0 Å². The Morgan fingerprint density at radius 1 is 1.16 bits per heavy atom. The van der Waals surface area contributed by atoms with Crippen molar-refractivity contribution in [2.24, 2.45) is 0 Å². The Morgan fingerprint density at radius 3 is 2.47 bits per heavy atom. The summed E-state index contributed by atoms with van der Waals surface area (Å²) >= 11 is 0. The zero-order chi connectivity index (χ0) is 13.2. The molecule has 0 radical (unpaired) electrons. The summed E-state index contributed by atoms with van der Waals surface area (Å²) in [6.07, 6.45) is 4.44. The molecule has 1 fully saturated rings. The van der Waals surface area contributed by atoms with Gasteiger partial charge in [-0.1, -0.05) is 36.9 Å². The van der Waals surface area contributed by atoms with E-state index in [0.717, 1.165) is 22.5 Å². The van der Waals surface area contributed by atoms with Gasteiger partial charge in [0.1, 0.15) is 0 Å². The fourth-order valence-corrected chi connectivity index (χ4v) is 2.04. The van der Waals surface area contributed by atoms with Crippen LogP contribution in [0, 0.1) is 6.92 Å². The number of nitrogens with one attached hydrogen (secondary N) is 1. The van der Waals surface area contributed by atoms with Gasteiger partial charge >= 0.3 is 0 Å². The predicted octanol–water partition coefficient (Wildman–Crippen LogP) is 3.78. The SMILES string of the molecule is C=C(NC1CC1)c1ccc(-c2ccc(C)cn2)cc1. The molecule has 1 heterocycles. The first-order chi connectivity index (χ1) is 9.22. The van der Waals surface area contributed by atoms with E-state index >= 15 is 0 Å². The second-order valence-electron chi connectivity index (χ2n) is 5.20. The summed E-state index contributed by atoms with van der Waals surface area (Å²) in [6, 6.07) is 13.2. The van der Waals surface area contributed by atoms with Crippen molar-refractivity contribution in [2.45, 2.75) is 25.8 Å². The highest BCUT2D eigenvalue weighted by Crippen LogP contribution is 2.24. The van der Waals surface area contributed by atoms with E-state index in [2.05, 4.69) is 53.3 Å². The van der Waals surface area contributed by atoms with E-state index in [-0.39, 0.29) is 0 Å². The van der Waals surface area contributed by atoms with E-state index in [1.807, 2.05) is 13.1 Å².